The Kier molecular flexibility index (Phi) is 3.57. The monoisotopic (exact) mass is 338 g/mol. The van der Waals surface area contributed by atoms with Gasteiger partial charge in [-0.15, -0.1) is 0 Å². The number of nitrogens with zero attached hydrogens (tertiary/aromatic N) is 1. The minimum atomic E-state index is -0.00498. The number of carbonyl (C=O) groups is 1. The number of para-hydroxylation sites is 1. The van der Waals surface area contributed by atoms with Crippen molar-refractivity contribution < 1.29 is 4.79 Å². The van der Waals surface area contributed by atoms with E-state index in [1.54, 1.807) is 6.20 Å². The molecule has 0 spiro atoms. The molecule has 132 valence electrons. The minimum absolute atomic E-state index is 0.00498. The highest BCUT2D eigenvalue weighted by atomic mass is 16.2. The molecule has 1 aromatic heterocycles. The van der Waals surface area contributed by atoms with E-state index in [0.29, 0.717) is 11.3 Å². The summed E-state index contributed by atoms with van der Waals surface area (Å²) in [5.41, 5.74) is 1.27. The van der Waals surface area contributed by atoms with Crippen molar-refractivity contribution in [2.24, 2.45) is 16.7 Å². The third kappa shape index (κ3) is 2.34. The van der Waals surface area contributed by atoms with Crippen LogP contribution in [0.25, 0.3) is 10.9 Å². The van der Waals surface area contributed by atoms with E-state index in [2.05, 4.69) is 26.1 Å². The van der Waals surface area contributed by atoms with Crippen LogP contribution in [0.1, 0.15) is 40.0 Å². The third-order valence-corrected chi connectivity index (χ3v) is 7.33. The number of pyridine rings is 1. The SMILES string of the molecule is CC1(C)C2CCC1(C)C(NC(=O)Cn1ccc(=O)c3ccccc31)C2. The van der Waals surface area contributed by atoms with Gasteiger partial charge in [-0.1, -0.05) is 32.9 Å². The van der Waals surface area contributed by atoms with Crippen LogP contribution in [0.3, 0.4) is 0 Å². The molecule has 1 aromatic carbocycles. The second-order valence-electron chi connectivity index (χ2n) is 8.56. The summed E-state index contributed by atoms with van der Waals surface area (Å²) in [4.78, 5) is 24.7. The molecular formula is C21H26N2O2. The topological polar surface area (TPSA) is 51.1 Å². The van der Waals surface area contributed by atoms with E-state index in [1.807, 2.05) is 28.8 Å². The molecule has 3 atom stereocenters. The van der Waals surface area contributed by atoms with E-state index in [4.69, 9.17) is 0 Å². The standard InChI is InChI=1S/C21H26N2O2/c1-20(2)14-8-10-21(20,3)18(12-14)22-19(25)13-23-11-9-17(24)15-6-4-5-7-16(15)23/h4-7,9,11,14,18H,8,10,12-13H2,1-3H3,(H,22,25). The molecule has 4 heteroatoms. The first-order valence-corrected chi connectivity index (χ1v) is 9.20. The van der Waals surface area contributed by atoms with Gasteiger partial charge in [0.2, 0.25) is 5.91 Å². The molecule has 2 aromatic rings. The summed E-state index contributed by atoms with van der Waals surface area (Å²) in [6.45, 7) is 7.29. The van der Waals surface area contributed by atoms with Crippen LogP contribution >= 0.6 is 0 Å². The molecule has 2 saturated carbocycles. The van der Waals surface area contributed by atoms with Crippen LogP contribution in [-0.2, 0) is 11.3 Å². The summed E-state index contributed by atoms with van der Waals surface area (Å²) in [6.07, 6.45) is 5.27. The van der Waals surface area contributed by atoms with Gasteiger partial charge in [-0.2, -0.15) is 0 Å². The predicted molar refractivity (Wildman–Crippen MR) is 99.4 cm³/mol. The van der Waals surface area contributed by atoms with E-state index in [9.17, 15) is 9.59 Å². The number of hydrogen-bond donors (Lipinski definition) is 1. The van der Waals surface area contributed by atoms with E-state index in [0.717, 1.165) is 11.9 Å². The number of fused-ring (bicyclic) bond motifs is 3. The normalized spacial score (nSPS) is 29.9. The largest absolute Gasteiger partial charge is 0.351 e. The second-order valence-corrected chi connectivity index (χ2v) is 8.56. The number of rotatable bonds is 3. The lowest BCUT2D eigenvalue weighted by molar-refractivity contribution is -0.123. The number of amides is 1. The molecule has 1 heterocycles. The Bertz CT molecular complexity index is 898. The van der Waals surface area contributed by atoms with Crippen LogP contribution < -0.4 is 10.7 Å². The molecule has 1 amide bonds. The lowest BCUT2D eigenvalue weighted by Gasteiger charge is -2.39. The molecule has 0 aliphatic heterocycles. The first-order valence-electron chi connectivity index (χ1n) is 9.20. The summed E-state index contributed by atoms with van der Waals surface area (Å²) in [6, 6.07) is 9.25. The van der Waals surface area contributed by atoms with Gasteiger partial charge in [0.1, 0.15) is 6.54 Å². The van der Waals surface area contributed by atoms with Crippen LogP contribution in [0.4, 0.5) is 0 Å². The van der Waals surface area contributed by atoms with Crippen molar-refractivity contribution in [3.05, 3.63) is 46.8 Å². The zero-order chi connectivity index (χ0) is 17.8. The first kappa shape index (κ1) is 16.4. The fourth-order valence-corrected chi connectivity index (χ4v) is 5.21. The molecule has 2 bridgehead atoms. The molecule has 0 saturated heterocycles. The van der Waals surface area contributed by atoms with Gasteiger partial charge in [0.05, 0.1) is 5.52 Å². The van der Waals surface area contributed by atoms with Crippen LogP contribution in [0.5, 0.6) is 0 Å². The molecule has 3 unspecified atom stereocenters. The molecule has 4 nitrogen and oxygen atoms in total. The number of aromatic nitrogens is 1. The van der Waals surface area contributed by atoms with Crippen LogP contribution in [-0.4, -0.2) is 16.5 Å². The maximum absolute atomic E-state index is 12.7. The molecule has 25 heavy (non-hydrogen) atoms. The summed E-state index contributed by atoms with van der Waals surface area (Å²) in [5, 5.41) is 3.95. The van der Waals surface area contributed by atoms with Crippen molar-refractivity contribution >= 4 is 16.8 Å². The first-order chi connectivity index (χ1) is 11.8. The summed E-state index contributed by atoms with van der Waals surface area (Å²) >= 11 is 0. The highest BCUT2D eigenvalue weighted by Gasteiger charge is 2.61. The highest BCUT2D eigenvalue weighted by Crippen LogP contribution is 2.65. The smallest absolute Gasteiger partial charge is 0.240 e. The van der Waals surface area contributed by atoms with Crippen LogP contribution in [0, 0.1) is 16.7 Å². The molecule has 4 rings (SSSR count). The summed E-state index contributed by atoms with van der Waals surface area (Å²) < 4.78 is 1.87. The average Bonchev–Trinajstić information content (AvgIpc) is 2.91. The van der Waals surface area contributed by atoms with Gasteiger partial charge in [-0.3, -0.25) is 9.59 Å². The van der Waals surface area contributed by atoms with E-state index >= 15 is 0 Å². The van der Waals surface area contributed by atoms with Gasteiger partial charge >= 0.3 is 0 Å². The zero-order valence-corrected chi connectivity index (χ0v) is 15.2. The summed E-state index contributed by atoms with van der Waals surface area (Å²) in [5.74, 6) is 0.736. The van der Waals surface area contributed by atoms with E-state index in [1.165, 1.54) is 18.9 Å². The Balaban J connectivity index is 1.55. The molecule has 2 fully saturated rings. The summed E-state index contributed by atoms with van der Waals surface area (Å²) in [7, 11) is 0. The Morgan fingerprint density at radius 3 is 2.68 bits per heavy atom. The molecule has 2 aliphatic carbocycles. The van der Waals surface area contributed by atoms with Crippen molar-refractivity contribution in [3.8, 4) is 0 Å². The van der Waals surface area contributed by atoms with Gasteiger partial charge in [-0.25, -0.2) is 0 Å². The Hall–Kier alpha value is -2.10. The van der Waals surface area contributed by atoms with Gasteiger partial charge in [0.25, 0.3) is 0 Å². The van der Waals surface area contributed by atoms with Crippen molar-refractivity contribution in [2.45, 2.75) is 52.6 Å². The van der Waals surface area contributed by atoms with Gasteiger partial charge < -0.3 is 9.88 Å². The molecule has 1 N–H and O–H groups in total. The predicted octanol–water partition coefficient (Wildman–Crippen LogP) is 3.33. The quantitative estimate of drug-likeness (QED) is 0.933. The van der Waals surface area contributed by atoms with Gasteiger partial charge in [0, 0.05) is 23.7 Å². The lowest BCUT2D eigenvalue weighted by atomic mass is 9.69. The van der Waals surface area contributed by atoms with Crippen molar-refractivity contribution in [1.82, 2.24) is 9.88 Å². The van der Waals surface area contributed by atoms with Crippen LogP contribution in [0.15, 0.2) is 41.3 Å². The zero-order valence-electron chi connectivity index (χ0n) is 15.2. The fourth-order valence-electron chi connectivity index (χ4n) is 5.21. The molecule has 0 radical (unpaired) electrons. The maximum atomic E-state index is 12.7. The number of nitrogens with one attached hydrogen (secondary N) is 1. The lowest BCUT2D eigenvalue weighted by Crippen LogP contribution is -2.47. The second kappa shape index (κ2) is 5.45. The Labute approximate surface area is 148 Å². The van der Waals surface area contributed by atoms with Crippen molar-refractivity contribution in [1.29, 1.82) is 0 Å². The van der Waals surface area contributed by atoms with Gasteiger partial charge in [0.15, 0.2) is 5.43 Å². The Morgan fingerprint density at radius 2 is 2.00 bits per heavy atom. The van der Waals surface area contributed by atoms with Crippen molar-refractivity contribution in [3.63, 3.8) is 0 Å². The highest BCUT2D eigenvalue weighted by molar-refractivity contribution is 5.82. The van der Waals surface area contributed by atoms with Crippen LogP contribution in [0.2, 0.25) is 0 Å². The number of benzene rings is 1. The fraction of sp³-hybridized carbons (Fsp3) is 0.524. The van der Waals surface area contributed by atoms with Crippen molar-refractivity contribution in [2.75, 3.05) is 0 Å². The number of hydrogen-bond acceptors (Lipinski definition) is 2. The minimum Gasteiger partial charge on any atom is -0.351 e. The van der Waals surface area contributed by atoms with Gasteiger partial charge in [-0.05, 0) is 48.1 Å². The average molecular weight is 338 g/mol. The third-order valence-electron chi connectivity index (χ3n) is 7.33. The van der Waals surface area contributed by atoms with E-state index < -0.39 is 0 Å². The van der Waals surface area contributed by atoms with E-state index in [-0.39, 0.29) is 34.8 Å². The molecule has 2 aliphatic rings. The number of carbonyl (C=O) groups excluding carboxylic acids is 1. The Morgan fingerprint density at radius 1 is 1.24 bits per heavy atom. The molecular weight excluding hydrogens is 312 g/mol. The maximum Gasteiger partial charge on any atom is 0.240 e.